The number of nitriles is 1. The van der Waals surface area contributed by atoms with Crippen molar-refractivity contribution >= 4 is 11.1 Å². The van der Waals surface area contributed by atoms with Gasteiger partial charge in [0.05, 0.1) is 11.6 Å². The molecular formula is C10H5N5O. The van der Waals surface area contributed by atoms with E-state index in [1.165, 1.54) is 17.3 Å². The van der Waals surface area contributed by atoms with E-state index >= 15 is 0 Å². The number of hydrogen-bond acceptors (Lipinski definition) is 5. The van der Waals surface area contributed by atoms with Crippen molar-refractivity contribution in [2.75, 3.05) is 0 Å². The molecule has 0 atom stereocenters. The quantitative estimate of drug-likeness (QED) is 0.605. The molecule has 0 aliphatic rings. The summed E-state index contributed by atoms with van der Waals surface area (Å²) < 4.78 is 6.87. The van der Waals surface area contributed by atoms with Crippen LogP contribution in [-0.4, -0.2) is 19.7 Å². The second-order valence-corrected chi connectivity index (χ2v) is 3.13. The Labute approximate surface area is 89.8 Å². The van der Waals surface area contributed by atoms with E-state index in [0.717, 1.165) is 0 Å². The van der Waals surface area contributed by atoms with Gasteiger partial charge in [-0.3, -0.25) is 0 Å². The van der Waals surface area contributed by atoms with E-state index in [2.05, 4.69) is 15.1 Å². The Morgan fingerprint density at radius 3 is 3.06 bits per heavy atom. The Kier molecular flexibility index (Phi) is 1.71. The van der Waals surface area contributed by atoms with Gasteiger partial charge in [-0.25, -0.2) is 4.98 Å². The van der Waals surface area contributed by atoms with E-state index < -0.39 is 0 Å². The lowest BCUT2D eigenvalue weighted by Crippen LogP contribution is -1.93. The van der Waals surface area contributed by atoms with E-state index in [0.29, 0.717) is 22.7 Å². The van der Waals surface area contributed by atoms with E-state index in [4.69, 9.17) is 9.68 Å². The van der Waals surface area contributed by atoms with Crippen LogP contribution in [0.15, 0.2) is 35.3 Å². The fourth-order valence-corrected chi connectivity index (χ4v) is 1.39. The zero-order valence-corrected chi connectivity index (χ0v) is 8.03. The van der Waals surface area contributed by atoms with Gasteiger partial charge in [0.25, 0.3) is 0 Å². The van der Waals surface area contributed by atoms with Crippen LogP contribution in [0.25, 0.3) is 17.1 Å². The van der Waals surface area contributed by atoms with Gasteiger partial charge in [0.15, 0.2) is 5.58 Å². The molecule has 3 aromatic rings. The minimum absolute atomic E-state index is 0.336. The highest BCUT2D eigenvalue weighted by atomic mass is 16.4. The van der Waals surface area contributed by atoms with Gasteiger partial charge in [-0.15, -0.1) is 0 Å². The van der Waals surface area contributed by atoms with Crippen molar-refractivity contribution in [2.24, 2.45) is 0 Å². The third-order valence-corrected chi connectivity index (χ3v) is 2.12. The molecule has 16 heavy (non-hydrogen) atoms. The largest absolute Gasteiger partial charge is 0.422 e. The molecule has 0 bridgehead atoms. The molecule has 3 rings (SSSR count). The highest BCUT2D eigenvalue weighted by Crippen LogP contribution is 2.18. The predicted octanol–water partition coefficient (Wildman–Crippen LogP) is 1.28. The molecule has 0 aliphatic heterocycles. The predicted molar refractivity (Wildman–Crippen MR) is 53.6 cm³/mol. The van der Waals surface area contributed by atoms with Crippen LogP contribution < -0.4 is 0 Å². The van der Waals surface area contributed by atoms with Crippen LogP contribution in [0.5, 0.6) is 0 Å². The highest BCUT2D eigenvalue weighted by Gasteiger charge is 2.08. The third kappa shape index (κ3) is 1.23. The standard InChI is InChI=1S/C10H5N5O/c11-4-7-1-2-9-8(3-7)14-10(16-9)15-6-12-5-13-15/h1-3,5-6H. The minimum Gasteiger partial charge on any atom is -0.422 e. The second-order valence-electron chi connectivity index (χ2n) is 3.13. The number of fused-ring (bicyclic) bond motifs is 1. The molecule has 0 radical (unpaired) electrons. The Bertz CT molecular complexity index is 677. The van der Waals surface area contributed by atoms with Crippen molar-refractivity contribution in [3.63, 3.8) is 0 Å². The van der Waals surface area contributed by atoms with Crippen molar-refractivity contribution in [3.8, 4) is 12.1 Å². The van der Waals surface area contributed by atoms with Crippen LogP contribution in [0.2, 0.25) is 0 Å². The third-order valence-electron chi connectivity index (χ3n) is 2.12. The fourth-order valence-electron chi connectivity index (χ4n) is 1.39. The SMILES string of the molecule is N#Cc1ccc2oc(-n3cncn3)nc2c1. The van der Waals surface area contributed by atoms with Gasteiger partial charge in [-0.05, 0) is 18.2 Å². The van der Waals surface area contributed by atoms with E-state index in [9.17, 15) is 0 Å². The summed E-state index contributed by atoms with van der Waals surface area (Å²) in [7, 11) is 0. The van der Waals surface area contributed by atoms with Gasteiger partial charge >= 0.3 is 6.01 Å². The number of hydrogen-bond donors (Lipinski definition) is 0. The summed E-state index contributed by atoms with van der Waals surface area (Å²) in [5, 5.41) is 12.7. The zero-order chi connectivity index (χ0) is 11.0. The van der Waals surface area contributed by atoms with Crippen LogP contribution in [0, 0.1) is 11.3 Å². The molecular weight excluding hydrogens is 206 g/mol. The maximum atomic E-state index is 8.75. The molecule has 0 aliphatic carbocycles. The molecule has 6 nitrogen and oxygen atoms in total. The summed E-state index contributed by atoms with van der Waals surface area (Å²) in [6.45, 7) is 0. The van der Waals surface area contributed by atoms with Crippen molar-refractivity contribution < 1.29 is 4.42 Å². The molecule has 0 amide bonds. The average molecular weight is 211 g/mol. The summed E-state index contributed by atoms with van der Waals surface area (Å²) in [4.78, 5) is 8.01. The van der Waals surface area contributed by atoms with Crippen LogP contribution in [0.1, 0.15) is 5.56 Å². The molecule has 2 aromatic heterocycles. The molecule has 2 heterocycles. The summed E-state index contributed by atoms with van der Waals surface area (Å²) >= 11 is 0. The summed E-state index contributed by atoms with van der Waals surface area (Å²) in [5.41, 5.74) is 1.79. The molecule has 0 spiro atoms. The first kappa shape index (κ1) is 8.61. The number of rotatable bonds is 1. The lowest BCUT2D eigenvalue weighted by atomic mass is 10.2. The maximum Gasteiger partial charge on any atom is 0.325 e. The van der Waals surface area contributed by atoms with Crippen molar-refractivity contribution in [1.82, 2.24) is 19.7 Å². The average Bonchev–Trinajstić information content (AvgIpc) is 2.96. The lowest BCUT2D eigenvalue weighted by Gasteiger charge is -1.87. The first-order chi connectivity index (χ1) is 7.86. The van der Waals surface area contributed by atoms with Gasteiger partial charge in [0.2, 0.25) is 0 Å². The molecule has 0 fully saturated rings. The van der Waals surface area contributed by atoms with Gasteiger partial charge < -0.3 is 4.42 Å². The summed E-state index contributed by atoms with van der Waals surface area (Å²) in [5.74, 6) is 0. The summed E-state index contributed by atoms with van der Waals surface area (Å²) in [6, 6.07) is 7.44. The first-order valence-corrected chi connectivity index (χ1v) is 4.52. The summed E-state index contributed by atoms with van der Waals surface area (Å²) in [6.07, 6.45) is 2.89. The zero-order valence-electron chi connectivity index (χ0n) is 8.03. The highest BCUT2D eigenvalue weighted by molar-refractivity contribution is 5.75. The van der Waals surface area contributed by atoms with Crippen LogP contribution >= 0.6 is 0 Å². The molecule has 0 unspecified atom stereocenters. The van der Waals surface area contributed by atoms with Crippen LogP contribution in [-0.2, 0) is 0 Å². The monoisotopic (exact) mass is 211 g/mol. The lowest BCUT2D eigenvalue weighted by molar-refractivity contribution is 0.542. The molecule has 0 saturated carbocycles. The molecule has 6 heteroatoms. The second kappa shape index (κ2) is 3.17. The Hall–Kier alpha value is -2.68. The minimum atomic E-state index is 0.336. The van der Waals surface area contributed by atoms with Gasteiger partial charge in [-0.2, -0.15) is 20.0 Å². The van der Waals surface area contributed by atoms with Gasteiger partial charge in [-0.1, -0.05) is 0 Å². The first-order valence-electron chi connectivity index (χ1n) is 4.52. The number of nitrogens with zero attached hydrogens (tertiary/aromatic N) is 5. The normalized spacial score (nSPS) is 10.4. The van der Waals surface area contributed by atoms with Crippen LogP contribution in [0.3, 0.4) is 0 Å². The Morgan fingerprint density at radius 1 is 1.38 bits per heavy atom. The fraction of sp³-hybridized carbons (Fsp3) is 0. The molecule has 0 N–H and O–H groups in total. The molecule has 76 valence electrons. The smallest absolute Gasteiger partial charge is 0.325 e. The Morgan fingerprint density at radius 2 is 2.31 bits per heavy atom. The van der Waals surface area contributed by atoms with Gasteiger partial charge in [0, 0.05) is 0 Å². The molecule has 0 saturated heterocycles. The van der Waals surface area contributed by atoms with Crippen molar-refractivity contribution in [3.05, 3.63) is 36.4 Å². The van der Waals surface area contributed by atoms with Gasteiger partial charge in [0.1, 0.15) is 18.2 Å². The van der Waals surface area contributed by atoms with E-state index in [-0.39, 0.29) is 0 Å². The maximum absolute atomic E-state index is 8.75. The number of benzene rings is 1. The van der Waals surface area contributed by atoms with Crippen molar-refractivity contribution in [2.45, 2.75) is 0 Å². The number of aromatic nitrogens is 4. The topological polar surface area (TPSA) is 80.5 Å². The van der Waals surface area contributed by atoms with E-state index in [1.807, 2.05) is 6.07 Å². The number of oxazole rings is 1. The Balaban J connectivity index is 2.20. The molecule has 1 aromatic carbocycles. The van der Waals surface area contributed by atoms with Crippen molar-refractivity contribution in [1.29, 1.82) is 5.26 Å². The van der Waals surface area contributed by atoms with Crippen LogP contribution in [0.4, 0.5) is 0 Å². The van der Waals surface area contributed by atoms with E-state index in [1.54, 1.807) is 18.2 Å².